The zero-order chi connectivity index (χ0) is 24.2. The van der Waals surface area contributed by atoms with E-state index in [1.165, 1.54) is 10.4 Å². The summed E-state index contributed by atoms with van der Waals surface area (Å²) in [5, 5.41) is 13.4. The van der Waals surface area contributed by atoms with Crippen molar-refractivity contribution >= 4 is 27.2 Å². The predicted octanol–water partition coefficient (Wildman–Crippen LogP) is 3.18. The largest absolute Gasteiger partial charge is 0.392 e. The van der Waals surface area contributed by atoms with Crippen molar-refractivity contribution < 1.29 is 18.3 Å². The molecule has 1 aliphatic heterocycles. The number of hydrogen-bond acceptors (Lipinski definition) is 5. The van der Waals surface area contributed by atoms with E-state index in [9.17, 15) is 18.3 Å². The van der Waals surface area contributed by atoms with E-state index in [1.807, 2.05) is 44.2 Å². The first-order chi connectivity index (χ1) is 15.6. The van der Waals surface area contributed by atoms with Gasteiger partial charge in [0.15, 0.2) is 0 Å². The van der Waals surface area contributed by atoms with E-state index in [0.29, 0.717) is 36.2 Å². The van der Waals surface area contributed by atoms with Crippen LogP contribution in [0.3, 0.4) is 0 Å². The Kier molecular flexibility index (Phi) is 7.94. The summed E-state index contributed by atoms with van der Waals surface area (Å²) in [6, 6.07) is 14.5. The number of aryl methyl sites for hydroxylation is 1. The van der Waals surface area contributed by atoms with E-state index in [0.717, 1.165) is 5.56 Å². The number of carbonyl (C=O) groups is 1. The molecule has 1 atom stereocenters. The fourth-order valence-electron chi connectivity index (χ4n) is 3.85. The summed E-state index contributed by atoms with van der Waals surface area (Å²) < 4.78 is 28.5. The van der Waals surface area contributed by atoms with Crippen molar-refractivity contribution in [3.05, 3.63) is 65.9 Å². The number of aliphatic hydroxyl groups is 1. The van der Waals surface area contributed by atoms with Crippen molar-refractivity contribution in [2.45, 2.75) is 37.7 Å². The van der Waals surface area contributed by atoms with Gasteiger partial charge in [-0.05, 0) is 42.5 Å². The number of fused-ring (bicyclic) bond motifs is 1. The van der Waals surface area contributed by atoms with Crippen molar-refractivity contribution in [3.63, 3.8) is 0 Å². The maximum atomic E-state index is 13.6. The molecule has 2 N–H and O–H groups in total. The lowest BCUT2D eigenvalue weighted by atomic mass is 10.1. The van der Waals surface area contributed by atoms with Gasteiger partial charge in [0.2, 0.25) is 10.0 Å². The van der Waals surface area contributed by atoms with Gasteiger partial charge >= 0.3 is 0 Å². The van der Waals surface area contributed by atoms with E-state index < -0.39 is 16.1 Å². The summed E-state index contributed by atoms with van der Waals surface area (Å²) in [6.45, 7) is 4.20. The van der Waals surface area contributed by atoms with Gasteiger partial charge in [-0.15, -0.1) is 0 Å². The molecule has 1 heterocycles. The summed E-state index contributed by atoms with van der Waals surface area (Å²) in [5.41, 5.74) is 2.67. The van der Waals surface area contributed by atoms with Crippen LogP contribution in [0.25, 0.3) is 5.57 Å². The lowest BCUT2D eigenvalue weighted by Crippen LogP contribution is -2.40. The Labute approximate surface area is 196 Å². The minimum atomic E-state index is -3.87. The van der Waals surface area contributed by atoms with Crippen LogP contribution in [0.15, 0.2) is 59.6 Å². The number of amides is 1. The maximum Gasteiger partial charge on any atom is 0.257 e. The molecule has 2 aromatic carbocycles. The molecule has 0 aliphatic carbocycles. The molecule has 8 heteroatoms. The van der Waals surface area contributed by atoms with E-state index in [4.69, 9.17) is 0 Å². The number of carbonyl (C=O) groups excluding carboxylic acids is 1. The molecule has 1 aliphatic rings. The van der Waals surface area contributed by atoms with Crippen molar-refractivity contribution in [3.8, 4) is 0 Å². The van der Waals surface area contributed by atoms with Crippen LogP contribution in [0.2, 0.25) is 0 Å². The first-order valence-corrected chi connectivity index (χ1v) is 12.6. The number of rotatable bonds is 10. The number of benzene rings is 2. The summed E-state index contributed by atoms with van der Waals surface area (Å²) in [7, 11) is -0.260. The molecule has 1 amide bonds. The number of nitrogens with one attached hydrogen (secondary N) is 1. The van der Waals surface area contributed by atoms with Crippen LogP contribution >= 0.6 is 0 Å². The Hall–Kier alpha value is -2.68. The second-order valence-electron chi connectivity index (χ2n) is 9.06. The molecule has 33 heavy (non-hydrogen) atoms. The normalized spacial score (nSPS) is 15.7. The summed E-state index contributed by atoms with van der Waals surface area (Å²) in [5.74, 6) is -0.174. The molecule has 0 spiro atoms. The van der Waals surface area contributed by atoms with E-state index in [-0.39, 0.29) is 23.3 Å². The highest BCUT2D eigenvalue weighted by atomic mass is 32.2. The number of hydrogen-bond donors (Lipinski definition) is 2. The van der Waals surface area contributed by atoms with Crippen molar-refractivity contribution in [2.75, 3.05) is 32.5 Å². The second-order valence-corrected chi connectivity index (χ2v) is 11.0. The SMILES string of the molecule is CC(C)CN(CC(O)CCc1ccccc1)S(=O)(=O)c1ccc2c(c1)C(=CN(C)C)C(=O)N2. The Morgan fingerprint density at radius 3 is 2.39 bits per heavy atom. The van der Waals surface area contributed by atoms with Gasteiger partial charge in [-0.3, -0.25) is 4.79 Å². The molecular formula is C25H33N3O4S. The first kappa shape index (κ1) is 25.0. The topological polar surface area (TPSA) is 90.0 Å². The molecule has 3 rings (SSSR count). The maximum absolute atomic E-state index is 13.6. The third-order valence-electron chi connectivity index (χ3n) is 5.39. The van der Waals surface area contributed by atoms with Crippen molar-refractivity contribution in [1.29, 1.82) is 0 Å². The van der Waals surface area contributed by atoms with Gasteiger partial charge in [0.1, 0.15) is 0 Å². The molecule has 0 radical (unpaired) electrons. The Bertz CT molecular complexity index is 1110. The van der Waals surface area contributed by atoms with Gasteiger partial charge in [-0.25, -0.2) is 8.42 Å². The molecule has 0 bridgehead atoms. The van der Waals surface area contributed by atoms with E-state index in [1.54, 1.807) is 37.3 Å². The molecule has 1 unspecified atom stereocenters. The first-order valence-electron chi connectivity index (χ1n) is 11.1. The second kappa shape index (κ2) is 10.5. The highest BCUT2D eigenvalue weighted by molar-refractivity contribution is 7.89. The van der Waals surface area contributed by atoms with Crippen LogP contribution in [0, 0.1) is 5.92 Å². The summed E-state index contributed by atoms with van der Waals surface area (Å²) in [6.07, 6.45) is 2.02. The van der Waals surface area contributed by atoms with Gasteiger partial charge in [0, 0.05) is 44.6 Å². The zero-order valence-electron chi connectivity index (χ0n) is 19.7. The van der Waals surface area contributed by atoms with Crippen LogP contribution < -0.4 is 5.32 Å². The Morgan fingerprint density at radius 2 is 1.76 bits per heavy atom. The molecule has 2 aromatic rings. The van der Waals surface area contributed by atoms with Crippen molar-refractivity contribution in [1.82, 2.24) is 9.21 Å². The zero-order valence-corrected chi connectivity index (χ0v) is 20.5. The molecule has 0 saturated carbocycles. The van der Waals surface area contributed by atoms with Crippen LogP contribution in [-0.4, -0.2) is 61.9 Å². The van der Waals surface area contributed by atoms with Crippen LogP contribution in [0.1, 0.15) is 31.4 Å². The Balaban J connectivity index is 1.84. The average molecular weight is 472 g/mol. The fraction of sp³-hybridized carbons (Fsp3) is 0.400. The quantitative estimate of drug-likeness (QED) is 0.520. The lowest BCUT2D eigenvalue weighted by molar-refractivity contribution is -0.110. The molecule has 0 saturated heterocycles. The Morgan fingerprint density at radius 1 is 1.06 bits per heavy atom. The van der Waals surface area contributed by atoms with Gasteiger partial charge in [-0.2, -0.15) is 4.31 Å². The van der Waals surface area contributed by atoms with E-state index >= 15 is 0 Å². The third-order valence-corrected chi connectivity index (χ3v) is 7.22. The van der Waals surface area contributed by atoms with Crippen molar-refractivity contribution in [2.24, 2.45) is 5.92 Å². The standard InChI is InChI=1S/C25H33N3O4S/c1-18(2)15-28(16-20(29)11-10-19-8-6-5-7-9-19)33(31,32)21-12-13-24-22(14-21)23(17-27(3)4)25(30)26-24/h5-9,12-14,17-18,20,29H,10-11,15-16H2,1-4H3,(H,26,30). The highest BCUT2D eigenvalue weighted by Gasteiger charge is 2.31. The number of aliphatic hydroxyl groups excluding tert-OH is 1. The highest BCUT2D eigenvalue weighted by Crippen LogP contribution is 2.34. The monoisotopic (exact) mass is 471 g/mol. The van der Waals surface area contributed by atoms with E-state index in [2.05, 4.69) is 5.32 Å². The van der Waals surface area contributed by atoms with Gasteiger partial charge in [0.25, 0.3) is 5.91 Å². The van der Waals surface area contributed by atoms with Crippen LogP contribution in [-0.2, 0) is 21.2 Å². The summed E-state index contributed by atoms with van der Waals surface area (Å²) >= 11 is 0. The average Bonchev–Trinajstić information content (AvgIpc) is 3.06. The fourth-order valence-corrected chi connectivity index (χ4v) is 5.51. The van der Waals surface area contributed by atoms with Crippen LogP contribution in [0.5, 0.6) is 0 Å². The number of nitrogens with zero attached hydrogens (tertiary/aromatic N) is 2. The lowest BCUT2D eigenvalue weighted by Gasteiger charge is -2.26. The predicted molar refractivity (Wildman–Crippen MR) is 131 cm³/mol. The van der Waals surface area contributed by atoms with Gasteiger partial charge in [-0.1, -0.05) is 44.2 Å². The molecule has 0 fully saturated rings. The molecular weight excluding hydrogens is 438 g/mol. The molecule has 0 aromatic heterocycles. The third kappa shape index (κ3) is 6.22. The number of anilines is 1. The summed E-state index contributed by atoms with van der Waals surface area (Å²) in [4.78, 5) is 14.2. The molecule has 7 nitrogen and oxygen atoms in total. The minimum absolute atomic E-state index is 0.0159. The molecule has 178 valence electrons. The van der Waals surface area contributed by atoms with Gasteiger partial charge in [0.05, 0.1) is 16.6 Å². The minimum Gasteiger partial charge on any atom is -0.392 e. The van der Waals surface area contributed by atoms with Crippen LogP contribution in [0.4, 0.5) is 5.69 Å². The number of sulfonamides is 1. The van der Waals surface area contributed by atoms with Gasteiger partial charge < -0.3 is 15.3 Å². The smallest absolute Gasteiger partial charge is 0.257 e.